The van der Waals surface area contributed by atoms with Crippen molar-refractivity contribution in [1.29, 1.82) is 0 Å². The van der Waals surface area contributed by atoms with E-state index in [-0.39, 0.29) is 30.3 Å². The number of hydrogen-bond donors (Lipinski definition) is 3. The van der Waals surface area contributed by atoms with E-state index in [0.29, 0.717) is 11.3 Å². The summed E-state index contributed by atoms with van der Waals surface area (Å²) >= 11 is 0. The SMILES string of the molecule is COc1cccc([C@H](CC(=O)O)NC(=O)c2cc(OC[C@](C)(O)C(C)(C)C)n(-c3ccccc3F)n2)c1. The Hall–Kier alpha value is -3.92. The van der Waals surface area contributed by atoms with Gasteiger partial charge in [-0.2, -0.15) is 9.78 Å². The lowest BCUT2D eigenvalue weighted by Gasteiger charge is -2.36. The number of methoxy groups -OCH3 is 1. The number of carbonyl (C=O) groups is 2. The van der Waals surface area contributed by atoms with Gasteiger partial charge in [0, 0.05) is 6.07 Å². The van der Waals surface area contributed by atoms with E-state index in [9.17, 15) is 24.2 Å². The summed E-state index contributed by atoms with van der Waals surface area (Å²) in [4.78, 5) is 24.7. The Morgan fingerprint density at radius 2 is 1.81 bits per heavy atom. The monoisotopic (exact) mass is 513 g/mol. The van der Waals surface area contributed by atoms with Gasteiger partial charge in [0.15, 0.2) is 5.69 Å². The fourth-order valence-corrected chi connectivity index (χ4v) is 3.32. The number of carboxylic acid groups (broad SMARTS) is 1. The van der Waals surface area contributed by atoms with E-state index in [4.69, 9.17) is 9.47 Å². The van der Waals surface area contributed by atoms with Crippen LogP contribution in [0.25, 0.3) is 5.69 Å². The van der Waals surface area contributed by atoms with Crippen LogP contribution < -0.4 is 14.8 Å². The Morgan fingerprint density at radius 3 is 2.43 bits per heavy atom. The molecule has 1 heterocycles. The topological polar surface area (TPSA) is 123 Å². The van der Waals surface area contributed by atoms with Crippen molar-refractivity contribution in [3.05, 3.63) is 71.7 Å². The van der Waals surface area contributed by atoms with Crippen LogP contribution in [0.5, 0.6) is 11.6 Å². The maximum absolute atomic E-state index is 14.6. The van der Waals surface area contributed by atoms with Crippen LogP contribution in [0.4, 0.5) is 4.39 Å². The fraction of sp³-hybridized carbons (Fsp3) is 0.370. The number of aromatic nitrogens is 2. The molecule has 0 radical (unpaired) electrons. The van der Waals surface area contributed by atoms with Gasteiger partial charge in [-0.3, -0.25) is 9.59 Å². The lowest BCUT2D eigenvalue weighted by Crippen LogP contribution is -2.45. The minimum Gasteiger partial charge on any atom is -0.497 e. The molecule has 9 nitrogen and oxygen atoms in total. The Bertz CT molecular complexity index is 1270. The van der Waals surface area contributed by atoms with Gasteiger partial charge in [-0.25, -0.2) is 4.39 Å². The van der Waals surface area contributed by atoms with E-state index in [0.717, 1.165) is 4.68 Å². The Morgan fingerprint density at radius 1 is 1.11 bits per heavy atom. The fourth-order valence-electron chi connectivity index (χ4n) is 3.32. The maximum atomic E-state index is 14.6. The van der Waals surface area contributed by atoms with Crippen molar-refractivity contribution in [2.45, 2.75) is 45.8 Å². The predicted octanol–water partition coefficient (Wildman–Crippen LogP) is 4.14. The second kappa shape index (κ2) is 11.0. The molecule has 0 saturated carbocycles. The average molecular weight is 514 g/mol. The molecule has 1 amide bonds. The highest BCUT2D eigenvalue weighted by atomic mass is 19.1. The molecule has 0 unspecified atom stereocenters. The zero-order chi connectivity index (χ0) is 27.4. The lowest BCUT2D eigenvalue weighted by atomic mass is 9.78. The van der Waals surface area contributed by atoms with Crippen molar-refractivity contribution < 1.29 is 33.7 Å². The Labute approximate surface area is 214 Å². The Balaban J connectivity index is 1.96. The highest BCUT2D eigenvalue weighted by Gasteiger charge is 2.36. The molecule has 0 bridgehead atoms. The first-order valence-corrected chi connectivity index (χ1v) is 11.7. The number of para-hydroxylation sites is 1. The van der Waals surface area contributed by atoms with E-state index in [2.05, 4.69) is 10.4 Å². The molecule has 10 heteroatoms. The molecule has 3 aromatic rings. The van der Waals surface area contributed by atoms with E-state index in [1.807, 2.05) is 20.8 Å². The quantitative estimate of drug-likeness (QED) is 0.372. The van der Waals surface area contributed by atoms with Crippen LogP contribution in [0.15, 0.2) is 54.6 Å². The zero-order valence-corrected chi connectivity index (χ0v) is 21.5. The predicted molar refractivity (Wildman–Crippen MR) is 135 cm³/mol. The van der Waals surface area contributed by atoms with Crippen molar-refractivity contribution >= 4 is 11.9 Å². The molecular formula is C27H32FN3O6. The zero-order valence-electron chi connectivity index (χ0n) is 21.5. The van der Waals surface area contributed by atoms with Gasteiger partial charge in [0.05, 0.1) is 19.6 Å². The van der Waals surface area contributed by atoms with Crippen LogP contribution in [0.2, 0.25) is 0 Å². The first-order valence-electron chi connectivity index (χ1n) is 11.7. The van der Waals surface area contributed by atoms with Gasteiger partial charge in [-0.15, -0.1) is 0 Å². The van der Waals surface area contributed by atoms with Crippen LogP contribution >= 0.6 is 0 Å². The van der Waals surface area contributed by atoms with E-state index in [1.165, 1.54) is 31.4 Å². The highest BCUT2D eigenvalue weighted by Crippen LogP contribution is 2.31. The summed E-state index contributed by atoms with van der Waals surface area (Å²) in [5.41, 5.74) is -1.33. The van der Waals surface area contributed by atoms with Crippen LogP contribution in [0.1, 0.15) is 56.2 Å². The summed E-state index contributed by atoms with van der Waals surface area (Å²) in [6.45, 7) is 7.03. The number of aliphatic hydroxyl groups is 1. The van der Waals surface area contributed by atoms with Gasteiger partial charge < -0.3 is 25.0 Å². The molecular weight excluding hydrogens is 481 g/mol. The highest BCUT2D eigenvalue weighted by molar-refractivity contribution is 5.93. The molecule has 3 rings (SSSR count). The summed E-state index contributed by atoms with van der Waals surface area (Å²) < 4.78 is 26.8. The largest absolute Gasteiger partial charge is 0.497 e. The van der Waals surface area contributed by atoms with Crippen molar-refractivity contribution in [3.8, 4) is 17.3 Å². The first kappa shape index (κ1) is 27.7. The molecule has 3 N–H and O–H groups in total. The lowest BCUT2D eigenvalue weighted by molar-refractivity contribution is -0.137. The van der Waals surface area contributed by atoms with Gasteiger partial charge in [-0.1, -0.05) is 45.0 Å². The minimum absolute atomic E-state index is 0.0379. The summed E-state index contributed by atoms with van der Waals surface area (Å²) in [7, 11) is 1.48. The smallest absolute Gasteiger partial charge is 0.305 e. The van der Waals surface area contributed by atoms with Crippen molar-refractivity contribution in [2.75, 3.05) is 13.7 Å². The third kappa shape index (κ3) is 6.65. The number of nitrogens with one attached hydrogen (secondary N) is 1. The molecule has 0 fully saturated rings. The van der Waals surface area contributed by atoms with Gasteiger partial charge in [0.1, 0.15) is 29.5 Å². The number of carboxylic acids is 1. The Kier molecular flexibility index (Phi) is 8.22. The number of carbonyl (C=O) groups excluding carboxylic acids is 1. The number of ether oxygens (including phenoxy) is 2. The third-order valence-electron chi connectivity index (χ3n) is 6.29. The van der Waals surface area contributed by atoms with Crippen LogP contribution in [-0.4, -0.2) is 51.2 Å². The normalized spacial score (nSPS) is 13.9. The van der Waals surface area contributed by atoms with Crippen LogP contribution in [-0.2, 0) is 4.79 Å². The number of nitrogens with zero attached hydrogens (tertiary/aromatic N) is 2. The number of hydrogen-bond acceptors (Lipinski definition) is 6. The van der Waals surface area contributed by atoms with E-state index >= 15 is 0 Å². The molecule has 198 valence electrons. The van der Waals surface area contributed by atoms with Gasteiger partial charge in [0.25, 0.3) is 5.91 Å². The summed E-state index contributed by atoms with van der Waals surface area (Å²) in [6.07, 6.45) is -0.384. The molecule has 2 aromatic carbocycles. The third-order valence-corrected chi connectivity index (χ3v) is 6.29. The molecule has 2 atom stereocenters. The first-order chi connectivity index (χ1) is 17.3. The number of benzene rings is 2. The van der Waals surface area contributed by atoms with Gasteiger partial charge in [-0.05, 0) is 42.2 Å². The van der Waals surface area contributed by atoms with Crippen LogP contribution in [0.3, 0.4) is 0 Å². The number of rotatable bonds is 10. The second-order valence-electron chi connectivity index (χ2n) is 9.94. The second-order valence-corrected chi connectivity index (χ2v) is 9.94. The van der Waals surface area contributed by atoms with Gasteiger partial charge in [0.2, 0.25) is 5.88 Å². The van der Waals surface area contributed by atoms with Crippen LogP contribution in [0, 0.1) is 11.2 Å². The minimum atomic E-state index is -1.25. The summed E-state index contributed by atoms with van der Waals surface area (Å²) in [5, 5.41) is 27.2. The average Bonchev–Trinajstić information content (AvgIpc) is 3.26. The molecule has 0 spiro atoms. The number of halogens is 1. The van der Waals surface area contributed by atoms with Gasteiger partial charge >= 0.3 is 5.97 Å². The van der Waals surface area contributed by atoms with E-state index in [1.54, 1.807) is 37.3 Å². The summed E-state index contributed by atoms with van der Waals surface area (Å²) in [5.74, 6) is -1.84. The number of amides is 1. The van der Waals surface area contributed by atoms with Crippen molar-refractivity contribution in [1.82, 2.24) is 15.1 Å². The summed E-state index contributed by atoms with van der Waals surface area (Å²) in [6, 6.07) is 13.0. The molecule has 0 aliphatic heterocycles. The molecule has 0 aliphatic carbocycles. The van der Waals surface area contributed by atoms with E-state index < -0.39 is 34.8 Å². The standard InChI is InChI=1S/C27H32FN3O6/c1-26(2,3)27(4,35)16-37-23-14-21(30-31(23)22-12-7-6-11-19(22)28)25(34)29-20(15-24(32)33)17-9-8-10-18(13-17)36-5/h6-14,20,35H,15-16H2,1-5H3,(H,29,34)(H,32,33)/t20-,27-/m0/s1. The molecule has 1 aromatic heterocycles. The van der Waals surface area contributed by atoms with Crippen molar-refractivity contribution in [3.63, 3.8) is 0 Å². The molecule has 0 aliphatic rings. The number of aliphatic carboxylic acids is 1. The maximum Gasteiger partial charge on any atom is 0.305 e. The molecule has 37 heavy (non-hydrogen) atoms. The van der Waals surface area contributed by atoms with Crippen molar-refractivity contribution in [2.24, 2.45) is 5.41 Å². The molecule has 0 saturated heterocycles.